The van der Waals surface area contributed by atoms with Crippen LogP contribution in [0.1, 0.15) is 12.5 Å². The Morgan fingerprint density at radius 3 is 2.59 bits per heavy atom. The van der Waals surface area contributed by atoms with E-state index in [1.165, 1.54) is 6.08 Å². The first kappa shape index (κ1) is 13.9. The van der Waals surface area contributed by atoms with Crippen LogP contribution in [0.2, 0.25) is 0 Å². The van der Waals surface area contributed by atoms with E-state index in [-0.39, 0.29) is 19.1 Å². The van der Waals surface area contributed by atoms with Crippen molar-refractivity contribution in [3.05, 3.63) is 41.3 Å². The molecule has 0 spiro atoms. The summed E-state index contributed by atoms with van der Waals surface area (Å²) in [7, 11) is -3.43. The normalized spacial score (nSPS) is 14.0. The molecule has 1 atom stereocenters. The van der Waals surface area contributed by atoms with Crippen molar-refractivity contribution in [1.82, 2.24) is 4.72 Å². The maximum absolute atomic E-state index is 11.5. The number of aliphatic hydroxyl groups is 1. The summed E-state index contributed by atoms with van der Waals surface area (Å²) >= 11 is 0. The van der Waals surface area contributed by atoms with Crippen LogP contribution in [0.5, 0.6) is 0 Å². The maximum Gasteiger partial charge on any atom is 0.233 e. The fraction of sp³-hybridized carbons (Fsp3) is 0.333. The SMILES string of the molecule is CC(CO)CNS(=O)(=O)/C=C/c1ccccc1. The maximum atomic E-state index is 11.5. The predicted molar refractivity (Wildman–Crippen MR) is 68.6 cm³/mol. The molecule has 0 aliphatic rings. The van der Waals surface area contributed by atoms with Gasteiger partial charge in [0.1, 0.15) is 0 Å². The van der Waals surface area contributed by atoms with Crippen molar-refractivity contribution in [2.24, 2.45) is 5.92 Å². The molecule has 1 aromatic carbocycles. The standard InChI is InChI=1S/C12H17NO3S/c1-11(10-14)9-13-17(15,16)8-7-12-5-3-2-4-6-12/h2-8,11,13-14H,9-10H2,1H3/b8-7+. The molecule has 4 nitrogen and oxygen atoms in total. The molecule has 0 bridgehead atoms. The largest absolute Gasteiger partial charge is 0.396 e. The van der Waals surface area contributed by atoms with Crippen LogP contribution in [0.25, 0.3) is 6.08 Å². The van der Waals surface area contributed by atoms with Crippen LogP contribution >= 0.6 is 0 Å². The van der Waals surface area contributed by atoms with Gasteiger partial charge in [-0.3, -0.25) is 0 Å². The quantitative estimate of drug-likeness (QED) is 0.803. The van der Waals surface area contributed by atoms with Gasteiger partial charge in [0.25, 0.3) is 0 Å². The van der Waals surface area contributed by atoms with E-state index >= 15 is 0 Å². The Labute approximate surface area is 102 Å². The van der Waals surface area contributed by atoms with Gasteiger partial charge in [0.05, 0.1) is 0 Å². The number of aliphatic hydroxyl groups excluding tert-OH is 1. The van der Waals surface area contributed by atoms with Crippen LogP contribution in [0.3, 0.4) is 0 Å². The van der Waals surface area contributed by atoms with E-state index in [2.05, 4.69) is 4.72 Å². The van der Waals surface area contributed by atoms with Crippen molar-refractivity contribution < 1.29 is 13.5 Å². The van der Waals surface area contributed by atoms with Gasteiger partial charge < -0.3 is 5.11 Å². The summed E-state index contributed by atoms with van der Waals surface area (Å²) < 4.78 is 25.5. The molecule has 1 rings (SSSR count). The highest BCUT2D eigenvalue weighted by Gasteiger charge is 2.07. The third-order valence-corrected chi connectivity index (χ3v) is 3.25. The Balaban J connectivity index is 2.58. The average molecular weight is 255 g/mol. The molecule has 1 aromatic rings. The molecule has 0 aromatic heterocycles. The Morgan fingerprint density at radius 1 is 1.35 bits per heavy atom. The van der Waals surface area contributed by atoms with E-state index in [0.29, 0.717) is 0 Å². The lowest BCUT2D eigenvalue weighted by Crippen LogP contribution is -2.27. The molecule has 2 N–H and O–H groups in total. The van der Waals surface area contributed by atoms with Gasteiger partial charge in [0.15, 0.2) is 0 Å². The topological polar surface area (TPSA) is 66.4 Å². The van der Waals surface area contributed by atoms with Crippen LogP contribution in [0, 0.1) is 5.92 Å². The van der Waals surface area contributed by atoms with E-state index in [1.807, 2.05) is 30.3 Å². The van der Waals surface area contributed by atoms with Crippen LogP contribution < -0.4 is 4.72 Å². The van der Waals surface area contributed by atoms with E-state index in [4.69, 9.17) is 5.11 Å². The molecular formula is C12H17NO3S. The fourth-order valence-corrected chi connectivity index (χ4v) is 2.05. The smallest absolute Gasteiger partial charge is 0.233 e. The van der Waals surface area contributed by atoms with Crippen molar-refractivity contribution in [3.8, 4) is 0 Å². The van der Waals surface area contributed by atoms with Crippen LogP contribution in [-0.2, 0) is 10.0 Å². The summed E-state index contributed by atoms with van der Waals surface area (Å²) in [6.45, 7) is 1.96. The second-order valence-electron chi connectivity index (χ2n) is 3.89. The summed E-state index contributed by atoms with van der Waals surface area (Å²) in [6.07, 6.45) is 1.53. The number of benzene rings is 1. The zero-order valence-electron chi connectivity index (χ0n) is 9.70. The van der Waals surface area contributed by atoms with Crippen molar-refractivity contribution >= 4 is 16.1 Å². The summed E-state index contributed by atoms with van der Waals surface area (Å²) in [6, 6.07) is 9.19. The van der Waals surface area contributed by atoms with Crippen LogP contribution in [-0.4, -0.2) is 26.7 Å². The molecule has 5 heteroatoms. The van der Waals surface area contributed by atoms with Gasteiger partial charge in [-0.15, -0.1) is 0 Å². The molecule has 0 amide bonds. The Kier molecular flexibility index (Phi) is 5.34. The first-order valence-electron chi connectivity index (χ1n) is 5.37. The highest BCUT2D eigenvalue weighted by molar-refractivity contribution is 7.92. The highest BCUT2D eigenvalue weighted by atomic mass is 32.2. The highest BCUT2D eigenvalue weighted by Crippen LogP contribution is 2.03. The predicted octanol–water partition coefficient (Wildman–Crippen LogP) is 1.21. The molecule has 1 unspecified atom stereocenters. The number of hydrogen-bond donors (Lipinski definition) is 2. The average Bonchev–Trinajstić information content (AvgIpc) is 2.35. The zero-order chi connectivity index (χ0) is 12.7. The van der Waals surface area contributed by atoms with E-state index in [9.17, 15) is 8.42 Å². The number of hydrogen-bond acceptors (Lipinski definition) is 3. The molecular weight excluding hydrogens is 238 g/mol. The Hall–Kier alpha value is -1.17. The van der Waals surface area contributed by atoms with Crippen molar-refractivity contribution in [2.75, 3.05) is 13.2 Å². The molecule has 0 aliphatic heterocycles. The third kappa shape index (κ3) is 5.63. The van der Waals surface area contributed by atoms with Gasteiger partial charge in [-0.2, -0.15) is 0 Å². The lowest BCUT2D eigenvalue weighted by Gasteiger charge is -2.07. The van der Waals surface area contributed by atoms with Crippen molar-refractivity contribution in [3.63, 3.8) is 0 Å². The second kappa shape index (κ2) is 6.54. The molecule has 0 saturated heterocycles. The minimum atomic E-state index is -3.43. The van der Waals surface area contributed by atoms with Gasteiger partial charge in [0, 0.05) is 18.6 Å². The first-order chi connectivity index (χ1) is 8.03. The summed E-state index contributed by atoms with van der Waals surface area (Å²) in [5, 5.41) is 9.92. The third-order valence-electron chi connectivity index (χ3n) is 2.18. The van der Waals surface area contributed by atoms with E-state index < -0.39 is 10.0 Å². The van der Waals surface area contributed by atoms with E-state index in [1.54, 1.807) is 6.92 Å². The van der Waals surface area contributed by atoms with Gasteiger partial charge in [-0.05, 0) is 17.6 Å². The molecule has 0 fully saturated rings. The Bertz CT molecular complexity index is 454. The summed E-state index contributed by atoms with van der Waals surface area (Å²) in [4.78, 5) is 0. The molecule has 0 heterocycles. The van der Waals surface area contributed by atoms with Crippen molar-refractivity contribution in [1.29, 1.82) is 0 Å². The zero-order valence-corrected chi connectivity index (χ0v) is 10.5. The van der Waals surface area contributed by atoms with Crippen LogP contribution in [0.4, 0.5) is 0 Å². The lowest BCUT2D eigenvalue weighted by atomic mass is 10.2. The van der Waals surface area contributed by atoms with Crippen LogP contribution in [0.15, 0.2) is 35.7 Å². The fourth-order valence-electron chi connectivity index (χ4n) is 1.10. The first-order valence-corrected chi connectivity index (χ1v) is 6.92. The van der Waals surface area contributed by atoms with Gasteiger partial charge >= 0.3 is 0 Å². The molecule has 0 aliphatic carbocycles. The van der Waals surface area contributed by atoms with Gasteiger partial charge in [0.2, 0.25) is 10.0 Å². The summed E-state index contributed by atoms with van der Waals surface area (Å²) in [5.74, 6) is -0.0881. The van der Waals surface area contributed by atoms with Gasteiger partial charge in [-0.1, -0.05) is 37.3 Å². The molecule has 0 saturated carbocycles. The van der Waals surface area contributed by atoms with Crippen molar-refractivity contribution in [2.45, 2.75) is 6.92 Å². The minimum Gasteiger partial charge on any atom is -0.396 e. The number of rotatable bonds is 6. The van der Waals surface area contributed by atoms with E-state index in [0.717, 1.165) is 11.0 Å². The number of sulfonamides is 1. The van der Waals surface area contributed by atoms with Gasteiger partial charge in [-0.25, -0.2) is 13.1 Å². The molecule has 17 heavy (non-hydrogen) atoms. The molecule has 0 radical (unpaired) electrons. The minimum absolute atomic E-state index is 0.0368. The Morgan fingerprint density at radius 2 is 2.00 bits per heavy atom. The second-order valence-corrected chi connectivity index (χ2v) is 5.55. The number of nitrogens with one attached hydrogen (secondary N) is 1. The monoisotopic (exact) mass is 255 g/mol. The lowest BCUT2D eigenvalue weighted by molar-refractivity contribution is 0.239. The molecule has 94 valence electrons. The summed E-state index contributed by atoms with van der Waals surface area (Å²) in [5.41, 5.74) is 0.827.